The number of amides is 2. The molecule has 0 bridgehead atoms. The minimum Gasteiger partial charge on any atom is -0.489 e. The number of anilines is 1. The average molecular weight is 489 g/mol. The fourth-order valence-electron chi connectivity index (χ4n) is 4.58. The van der Waals surface area contributed by atoms with E-state index in [1.807, 2.05) is 36.4 Å². The van der Waals surface area contributed by atoms with E-state index in [-0.39, 0.29) is 13.2 Å². The summed E-state index contributed by atoms with van der Waals surface area (Å²) in [5, 5.41) is 9.25. The predicted octanol–water partition coefficient (Wildman–Crippen LogP) is 3.85. The number of hydrogen-bond donors (Lipinski definition) is 2. The van der Waals surface area contributed by atoms with Crippen molar-refractivity contribution < 1.29 is 14.6 Å². The molecule has 3 N–H and O–H groups in total. The number of nitrogens with zero attached hydrogens (tertiary/aromatic N) is 3. The van der Waals surface area contributed by atoms with Gasteiger partial charge >= 0.3 is 6.03 Å². The summed E-state index contributed by atoms with van der Waals surface area (Å²) >= 11 is 0. The van der Waals surface area contributed by atoms with Gasteiger partial charge in [-0.25, -0.2) is 4.79 Å². The summed E-state index contributed by atoms with van der Waals surface area (Å²) in [6.45, 7) is 6.47. The summed E-state index contributed by atoms with van der Waals surface area (Å²) < 4.78 is 5.92. The van der Waals surface area contributed by atoms with Crippen LogP contribution in [0.3, 0.4) is 0 Å². The molecule has 0 saturated carbocycles. The van der Waals surface area contributed by atoms with E-state index in [0.717, 1.165) is 68.3 Å². The molecule has 4 rings (SSSR count). The van der Waals surface area contributed by atoms with Crippen LogP contribution in [0, 0.1) is 0 Å². The van der Waals surface area contributed by atoms with Crippen molar-refractivity contribution in [2.24, 2.45) is 5.73 Å². The highest BCUT2D eigenvalue weighted by molar-refractivity contribution is 5.90. The third-order valence-electron chi connectivity index (χ3n) is 6.48. The van der Waals surface area contributed by atoms with Crippen molar-refractivity contribution in [1.82, 2.24) is 9.80 Å². The van der Waals surface area contributed by atoms with Gasteiger partial charge in [0.25, 0.3) is 0 Å². The fourth-order valence-corrected chi connectivity index (χ4v) is 4.58. The van der Waals surface area contributed by atoms with Crippen LogP contribution < -0.4 is 15.4 Å². The molecule has 3 aromatic rings. The summed E-state index contributed by atoms with van der Waals surface area (Å²) in [6, 6.07) is 25.9. The number of aliphatic hydroxyl groups is 1. The molecule has 190 valence electrons. The van der Waals surface area contributed by atoms with Crippen LogP contribution in [0.1, 0.15) is 23.1 Å². The molecule has 1 heterocycles. The molecule has 0 radical (unpaired) electrons. The van der Waals surface area contributed by atoms with Crippen LogP contribution in [0.15, 0.2) is 78.9 Å². The molecule has 1 aliphatic rings. The Kier molecular flexibility index (Phi) is 9.33. The van der Waals surface area contributed by atoms with Crippen molar-refractivity contribution in [2.45, 2.75) is 26.1 Å². The molecule has 7 nitrogen and oxygen atoms in total. The number of hydrogen-bond acceptors (Lipinski definition) is 5. The van der Waals surface area contributed by atoms with Gasteiger partial charge in [0.05, 0.1) is 13.2 Å². The molecule has 0 aliphatic carbocycles. The lowest BCUT2D eigenvalue weighted by Crippen LogP contribution is -2.38. The second-order valence-corrected chi connectivity index (χ2v) is 9.21. The number of urea groups is 1. The van der Waals surface area contributed by atoms with Crippen LogP contribution >= 0.6 is 0 Å². The third kappa shape index (κ3) is 7.55. The topological polar surface area (TPSA) is 82.3 Å². The zero-order valence-electron chi connectivity index (χ0n) is 20.8. The number of aliphatic hydroxyl groups excluding tert-OH is 1. The minimum atomic E-state index is -0.553. The van der Waals surface area contributed by atoms with Gasteiger partial charge in [-0.2, -0.15) is 0 Å². The highest BCUT2D eigenvalue weighted by Crippen LogP contribution is 2.19. The molecule has 7 heteroatoms. The zero-order valence-corrected chi connectivity index (χ0v) is 20.8. The maximum absolute atomic E-state index is 11.7. The standard InChI is InChI=1S/C29H36N4O3/c30-29(35)33(18-19-34)27-9-4-8-26(20-27)22-32-15-5-14-31(16-17-32)21-24-10-12-28(13-11-24)36-23-25-6-2-1-3-7-25/h1-4,6-13,20,34H,5,14-19,21-23H2,(H2,30,35). The Hall–Kier alpha value is -3.39. The molecule has 0 atom stereocenters. The van der Waals surface area contributed by atoms with Crippen molar-refractivity contribution >= 4 is 11.7 Å². The quantitative estimate of drug-likeness (QED) is 0.453. The Labute approximate surface area is 213 Å². The van der Waals surface area contributed by atoms with Crippen LogP contribution in [0.5, 0.6) is 5.75 Å². The Morgan fingerprint density at radius 2 is 1.50 bits per heavy atom. The van der Waals surface area contributed by atoms with Crippen molar-refractivity contribution in [3.05, 3.63) is 95.6 Å². The van der Waals surface area contributed by atoms with E-state index in [9.17, 15) is 9.90 Å². The second-order valence-electron chi connectivity index (χ2n) is 9.21. The third-order valence-corrected chi connectivity index (χ3v) is 6.48. The fraction of sp³-hybridized carbons (Fsp3) is 0.345. The molecule has 0 unspecified atom stereocenters. The van der Waals surface area contributed by atoms with E-state index >= 15 is 0 Å². The van der Waals surface area contributed by atoms with Gasteiger partial charge in [0.1, 0.15) is 12.4 Å². The van der Waals surface area contributed by atoms with Gasteiger partial charge in [-0.05, 0) is 60.5 Å². The first-order chi connectivity index (χ1) is 17.6. The SMILES string of the molecule is NC(=O)N(CCO)c1cccc(CN2CCCN(Cc3ccc(OCc4ccccc4)cc3)CC2)c1. The number of benzene rings is 3. The molecule has 36 heavy (non-hydrogen) atoms. The van der Waals surface area contributed by atoms with Crippen LogP contribution in [0.4, 0.5) is 10.5 Å². The Morgan fingerprint density at radius 1 is 0.833 bits per heavy atom. The lowest BCUT2D eigenvalue weighted by Gasteiger charge is -2.23. The first kappa shape index (κ1) is 25.7. The van der Waals surface area contributed by atoms with Gasteiger partial charge < -0.3 is 15.6 Å². The van der Waals surface area contributed by atoms with E-state index in [1.165, 1.54) is 10.5 Å². The van der Waals surface area contributed by atoms with E-state index in [0.29, 0.717) is 6.61 Å². The Bertz CT molecular complexity index is 1090. The van der Waals surface area contributed by atoms with E-state index in [2.05, 4.69) is 52.3 Å². The van der Waals surface area contributed by atoms with Gasteiger partial charge in [-0.3, -0.25) is 14.7 Å². The summed E-state index contributed by atoms with van der Waals surface area (Å²) in [4.78, 5) is 18.1. The largest absolute Gasteiger partial charge is 0.489 e. The van der Waals surface area contributed by atoms with E-state index in [4.69, 9.17) is 10.5 Å². The molecule has 0 aromatic heterocycles. The summed E-state index contributed by atoms with van der Waals surface area (Å²) in [7, 11) is 0. The molecule has 0 spiro atoms. The number of primary amides is 1. The normalized spacial score (nSPS) is 14.8. The number of rotatable bonds is 10. The maximum Gasteiger partial charge on any atom is 0.319 e. The molecule has 3 aromatic carbocycles. The first-order valence-electron chi connectivity index (χ1n) is 12.6. The Morgan fingerprint density at radius 3 is 2.17 bits per heavy atom. The van der Waals surface area contributed by atoms with Crippen LogP contribution in [0.25, 0.3) is 0 Å². The highest BCUT2D eigenvalue weighted by Gasteiger charge is 2.17. The van der Waals surface area contributed by atoms with E-state index < -0.39 is 6.03 Å². The van der Waals surface area contributed by atoms with Gasteiger partial charge in [0.2, 0.25) is 0 Å². The second kappa shape index (κ2) is 13.1. The highest BCUT2D eigenvalue weighted by atomic mass is 16.5. The van der Waals surface area contributed by atoms with Gasteiger partial charge in [-0.1, -0.05) is 54.6 Å². The number of nitrogens with two attached hydrogens (primary N) is 1. The van der Waals surface area contributed by atoms with Crippen LogP contribution in [-0.4, -0.2) is 60.3 Å². The lowest BCUT2D eigenvalue weighted by atomic mass is 10.1. The molecule has 1 aliphatic heterocycles. The number of carbonyl (C=O) groups excluding carboxylic acids is 1. The first-order valence-corrected chi connectivity index (χ1v) is 12.6. The summed E-state index contributed by atoms with van der Waals surface area (Å²) in [6.07, 6.45) is 1.11. The molecule has 1 fully saturated rings. The van der Waals surface area contributed by atoms with Crippen molar-refractivity contribution in [3.8, 4) is 5.75 Å². The van der Waals surface area contributed by atoms with Gasteiger partial charge in [-0.15, -0.1) is 0 Å². The smallest absolute Gasteiger partial charge is 0.319 e. The zero-order chi connectivity index (χ0) is 25.2. The Balaban J connectivity index is 1.27. The van der Waals surface area contributed by atoms with Crippen molar-refractivity contribution in [2.75, 3.05) is 44.2 Å². The molecule has 2 amide bonds. The van der Waals surface area contributed by atoms with Gasteiger partial charge in [0.15, 0.2) is 0 Å². The molecular formula is C29H36N4O3. The predicted molar refractivity (Wildman–Crippen MR) is 143 cm³/mol. The van der Waals surface area contributed by atoms with Crippen LogP contribution in [-0.2, 0) is 19.7 Å². The lowest BCUT2D eigenvalue weighted by molar-refractivity contribution is 0.247. The summed E-state index contributed by atoms with van der Waals surface area (Å²) in [5.41, 5.74) is 9.80. The van der Waals surface area contributed by atoms with Gasteiger partial charge in [0, 0.05) is 31.9 Å². The van der Waals surface area contributed by atoms with E-state index in [1.54, 1.807) is 0 Å². The summed E-state index contributed by atoms with van der Waals surface area (Å²) in [5.74, 6) is 0.890. The minimum absolute atomic E-state index is 0.126. The average Bonchev–Trinajstić information content (AvgIpc) is 3.12. The van der Waals surface area contributed by atoms with Crippen LogP contribution in [0.2, 0.25) is 0 Å². The molecular weight excluding hydrogens is 452 g/mol. The molecule has 1 saturated heterocycles. The monoisotopic (exact) mass is 488 g/mol. The van der Waals surface area contributed by atoms with Crippen molar-refractivity contribution in [3.63, 3.8) is 0 Å². The number of carbonyl (C=O) groups is 1. The van der Waals surface area contributed by atoms with Crippen molar-refractivity contribution in [1.29, 1.82) is 0 Å². The maximum atomic E-state index is 11.7. The number of ether oxygens (including phenoxy) is 1.